The van der Waals surface area contributed by atoms with Crippen LogP contribution in [0.2, 0.25) is 5.02 Å². The van der Waals surface area contributed by atoms with E-state index in [1.807, 2.05) is 0 Å². The molecule has 0 saturated heterocycles. The highest BCUT2D eigenvalue weighted by Crippen LogP contribution is 2.26. The summed E-state index contributed by atoms with van der Waals surface area (Å²) in [5.41, 5.74) is 0.768. The second-order valence-corrected chi connectivity index (χ2v) is 5.71. The summed E-state index contributed by atoms with van der Waals surface area (Å²) < 4.78 is 26.1. The third-order valence-electron chi connectivity index (χ3n) is 3.01. The van der Waals surface area contributed by atoms with Gasteiger partial charge in [-0.05, 0) is 42.5 Å². The van der Waals surface area contributed by atoms with Gasteiger partial charge in [0.2, 0.25) is 0 Å². The maximum atomic E-state index is 13.1. The first kappa shape index (κ1) is 15.4. The minimum absolute atomic E-state index is 0.101. The van der Waals surface area contributed by atoms with Crippen molar-refractivity contribution in [3.8, 4) is 0 Å². The number of hydrogen-bond acceptors (Lipinski definition) is 1. The third kappa shape index (κ3) is 4.54. The molecule has 18 heavy (non-hydrogen) atoms. The molecule has 1 nitrogen and oxygen atoms in total. The lowest BCUT2D eigenvalue weighted by Gasteiger charge is -2.25. The Balaban J connectivity index is 2.66. The van der Waals surface area contributed by atoms with E-state index in [0.29, 0.717) is 17.0 Å². The van der Waals surface area contributed by atoms with Crippen LogP contribution in [0.15, 0.2) is 12.1 Å². The van der Waals surface area contributed by atoms with Gasteiger partial charge < -0.3 is 5.32 Å². The van der Waals surface area contributed by atoms with Crippen LogP contribution in [0.1, 0.15) is 32.8 Å². The highest BCUT2D eigenvalue weighted by atomic mass is 35.5. The average Bonchev–Trinajstić information content (AvgIpc) is 2.30. The first-order valence-corrected chi connectivity index (χ1v) is 6.57. The van der Waals surface area contributed by atoms with E-state index < -0.39 is 11.6 Å². The van der Waals surface area contributed by atoms with Gasteiger partial charge in [-0.2, -0.15) is 0 Å². The Morgan fingerprint density at radius 1 is 1.22 bits per heavy atom. The van der Waals surface area contributed by atoms with Crippen molar-refractivity contribution in [2.75, 3.05) is 13.1 Å². The van der Waals surface area contributed by atoms with Crippen LogP contribution < -0.4 is 5.32 Å². The summed E-state index contributed by atoms with van der Waals surface area (Å²) in [7, 11) is 0. The molecule has 0 unspecified atom stereocenters. The normalized spacial score (nSPS) is 11.9. The van der Waals surface area contributed by atoms with Gasteiger partial charge >= 0.3 is 0 Å². The zero-order chi connectivity index (χ0) is 13.8. The summed E-state index contributed by atoms with van der Waals surface area (Å²) in [6.07, 6.45) is 1.51. The maximum absolute atomic E-state index is 13.1. The number of hydrogen-bond donors (Lipinski definition) is 1. The van der Waals surface area contributed by atoms with Gasteiger partial charge in [-0.1, -0.05) is 32.4 Å². The highest BCUT2D eigenvalue weighted by Gasteiger charge is 2.18. The molecule has 1 rings (SSSR count). The maximum Gasteiger partial charge on any atom is 0.160 e. The molecule has 1 aromatic rings. The second kappa shape index (κ2) is 6.48. The summed E-state index contributed by atoms with van der Waals surface area (Å²) in [5.74, 6) is -1.73. The van der Waals surface area contributed by atoms with E-state index in [1.54, 1.807) is 0 Å². The van der Waals surface area contributed by atoms with Crippen LogP contribution in [0, 0.1) is 17.0 Å². The highest BCUT2D eigenvalue weighted by molar-refractivity contribution is 6.31. The lowest BCUT2D eigenvalue weighted by Crippen LogP contribution is -2.29. The molecular formula is C14H20ClF2N. The molecule has 0 amide bonds. The van der Waals surface area contributed by atoms with Crippen molar-refractivity contribution in [1.29, 1.82) is 0 Å². The van der Waals surface area contributed by atoms with E-state index in [4.69, 9.17) is 11.6 Å². The number of rotatable bonds is 6. The lowest BCUT2D eigenvalue weighted by molar-refractivity contribution is 0.317. The van der Waals surface area contributed by atoms with Gasteiger partial charge in [0.1, 0.15) is 0 Å². The Kier molecular flexibility index (Phi) is 5.54. The van der Waals surface area contributed by atoms with Crippen molar-refractivity contribution < 1.29 is 8.78 Å². The Bertz CT molecular complexity index is 405. The standard InChI is InChI=1S/C14H20ClF2N/c1-4-18-9-14(2,3)6-5-10-7-12(16)13(17)8-11(10)15/h7-8,18H,4-6,9H2,1-3H3. The van der Waals surface area contributed by atoms with Crippen LogP contribution in [-0.4, -0.2) is 13.1 Å². The molecule has 0 saturated carbocycles. The van der Waals surface area contributed by atoms with E-state index in [1.165, 1.54) is 6.07 Å². The van der Waals surface area contributed by atoms with Crippen molar-refractivity contribution in [3.05, 3.63) is 34.4 Å². The monoisotopic (exact) mass is 275 g/mol. The quantitative estimate of drug-likeness (QED) is 0.768. The van der Waals surface area contributed by atoms with Crippen LogP contribution in [0.5, 0.6) is 0 Å². The van der Waals surface area contributed by atoms with Gasteiger partial charge in [-0.25, -0.2) is 8.78 Å². The Hall–Kier alpha value is -0.670. The number of benzene rings is 1. The van der Waals surface area contributed by atoms with Crippen LogP contribution in [-0.2, 0) is 6.42 Å². The molecular weight excluding hydrogens is 256 g/mol. The molecule has 4 heteroatoms. The molecule has 0 aliphatic carbocycles. The first-order valence-electron chi connectivity index (χ1n) is 6.20. The molecule has 0 atom stereocenters. The van der Waals surface area contributed by atoms with E-state index in [-0.39, 0.29) is 5.41 Å². The molecule has 0 aliphatic heterocycles. The number of aryl methyl sites for hydroxylation is 1. The number of nitrogens with one attached hydrogen (secondary N) is 1. The minimum atomic E-state index is -0.893. The molecule has 0 fully saturated rings. The molecule has 0 radical (unpaired) electrons. The van der Waals surface area contributed by atoms with E-state index >= 15 is 0 Å². The Labute approximate surface area is 113 Å². The average molecular weight is 276 g/mol. The topological polar surface area (TPSA) is 12.0 Å². The second-order valence-electron chi connectivity index (χ2n) is 5.30. The summed E-state index contributed by atoms with van der Waals surface area (Å²) in [6, 6.07) is 2.24. The molecule has 0 aromatic heterocycles. The van der Waals surface area contributed by atoms with Gasteiger partial charge in [-0.15, -0.1) is 0 Å². The van der Waals surface area contributed by atoms with Crippen LogP contribution in [0.4, 0.5) is 8.78 Å². The van der Waals surface area contributed by atoms with Gasteiger partial charge in [0, 0.05) is 11.6 Å². The molecule has 1 N–H and O–H groups in total. The van der Waals surface area contributed by atoms with Crippen molar-refractivity contribution in [1.82, 2.24) is 5.32 Å². The zero-order valence-electron chi connectivity index (χ0n) is 11.1. The van der Waals surface area contributed by atoms with Crippen molar-refractivity contribution in [2.24, 2.45) is 5.41 Å². The summed E-state index contributed by atoms with van der Waals surface area (Å²) in [4.78, 5) is 0. The first-order chi connectivity index (χ1) is 8.35. The predicted octanol–water partition coefficient (Wildman–Crippen LogP) is 4.19. The molecule has 0 heterocycles. The zero-order valence-corrected chi connectivity index (χ0v) is 11.9. The van der Waals surface area contributed by atoms with E-state index in [0.717, 1.165) is 25.6 Å². The molecule has 1 aromatic carbocycles. The summed E-state index contributed by atoms with van der Waals surface area (Å²) in [5, 5.41) is 3.59. The van der Waals surface area contributed by atoms with Crippen LogP contribution in [0.3, 0.4) is 0 Å². The lowest BCUT2D eigenvalue weighted by atomic mass is 9.86. The number of halogens is 3. The van der Waals surface area contributed by atoms with Crippen molar-refractivity contribution in [2.45, 2.75) is 33.6 Å². The van der Waals surface area contributed by atoms with E-state index in [9.17, 15) is 8.78 Å². The molecule has 0 aliphatic rings. The Morgan fingerprint density at radius 3 is 2.44 bits per heavy atom. The SMILES string of the molecule is CCNCC(C)(C)CCc1cc(F)c(F)cc1Cl. The van der Waals surface area contributed by atoms with Crippen LogP contribution in [0.25, 0.3) is 0 Å². The molecule has 0 spiro atoms. The fourth-order valence-corrected chi connectivity index (χ4v) is 2.03. The largest absolute Gasteiger partial charge is 0.316 e. The predicted molar refractivity (Wildman–Crippen MR) is 72.0 cm³/mol. The Morgan fingerprint density at radius 2 is 1.83 bits per heavy atom. The van der Waals surface area contributed by atoms with Gasteiger partial charge in [0.25, 0.3) is 0 Å². The smallest absolute Gasteiger partial charge is 0.160 e. The van der Waals surface area contributed by atoms with Crippen LogP contribution >= 0.6 is 11.6 Å². The van der Waals surface area contributed by atoms with E-state index in [2.05, 4.69) is 26.1 Å². The fourth-order valence-electron chi connectivity index (χ4n) is 1.78. The van der Waals surface area contributed by atoms with Gasteiger partial charge in [0.05, 0.1) is 0 Å². The van der Waals surface area contributed by atoms with Gasteiger partial charge in [0.15, 0.2) is 11.6 Å². The summed E-state index contributed by atoms with van der Waals surface area (Å²) >= 11 is 5.91. The minimum Gasteiger partial charge on any atom is -0.316 e. The van der Waals surface area contributed by atoms with Gasteiger partial charge in [-0.3, -0.25) is 0 Å². The summed E-state index contributed by atoms with van der Waals surface area (Å²) in [6.45, 7) is 8.16. The van der Waals surface area contributed by atoms with Crippen molar-refractivity contribution >= 4 is 11.6 Å². The van der Waals surface area contributed by atoms with Crippen molar-refractivity contribution in [3.63, 3.8) is 0 Å². The molecule has 0 bridgehead atoms. The molecule has 102 valence electrons. The fraction of sp³-hybridized carbons (Fsp3) is 0.571. The third-order valence-corrected chi connectivity index (χ3v) is 3.37.